The smallest absolute Gasteiger partial charge is 0.343 e. The molecule has 28 heteroatoms. The van der Waals surface area contributed by atoms with Crippen LogP contribution in [0.1, 0.15) is 183 Å². The number of rotatable bonds is 11. The number of likely N-dealkylation sites (tertiary alicyclic amines) is 1. The van der Waals surface area contributed by atoms with Crippen molar-refractivity contribution in [3.05, 3.63) is 0 Å². The molecule has 0 bridgehead atoms. The van der Waals surface area contributed by atoms with Crippen molar-refractivity contribution in [2.75, 3.05) is 88.6 Å². The predicted molar refractivity (Wildman–Crippen MR) is 353 cm³/mol. The second-order valence-corrected chi connectivity index (χ2v) is 29.7. The van der Waals surface area contributed by atoms with E-state index in [-0.39, 0.29) is 69.7 Å². The Kier molecular flexibility index (Phi) is 28.6. The van der Waals surface area contributed by atoms with Gasteiger partial charge in [-0.05, 0) is 113 Å². The number of nitrogens with zero attached hydrogens (tertiary/aromatic N) is 9. The Morgan fingerprint density at radius 1 is 0.588 bits per heavy atom. The van der Waals surface area contributed by atoms with Crippen LogP contribution in [0.5, 0.6) is 0 Å². The van der Waals surface area contributed by atoms with Crippen LogP contribution in [0.3, 0.4) is 0 Å². The molecular formula is C69H112F4N12O12. The fourth-order valence-electron chi connectivity index (χ4n) is 15.4. The van der Waals surface area contributed by atoms with Gasteiger partial charge in [0.15, 0.2) is 0 Å². The highest BCUT2D eigenvalue weighted by molar-refractivity contribution is 6.00. The molecule has 12 amide bonds. The van der Waals surface area contributed by atoms with Crippen molar-refractivity contribution in [3.63, 3.8) is 0 Å². The number of halogens is 4. The highest BCUT2D eigenvalue weighted by atomic mass is 19.4. The molecule has 6 rings (SSSR count). The zero-order valence-electron chi connectivity index (χ0n) is 59.8. The molecule has 3 aliphatic carbocycles. The van der Waals surface area contributed by atoms with Crippen LogP contribution in [0.2, 0.25) is 0 Å². The third-order valence-corrected chi connectivity index (χ3v) is 21.7. The molecule has 3 saturated carbocycles. The molecule has 3 unspecified atom stereocenters. The van der Waals surface area contributed by atoms with Crippen molar-refractivity contribution in [3.8, 4) is 0 Å². The van der Waals surface area contributed by atoms with E-state index in [1.165, 1.54) is 73.8 Å². The molecule has 3 heterocycles. The Morgan fingerprint density at radius 3 is 1.78 bits per heavy atom. The highest BCUT2D eigenvalue weighted by Gasteiger charge is 2.52. The second kappa shape index (κ2) is 34.9. The zero-order valence-corrected chi connectivity index (χ0v) is 59.8. The number of carbonyl (C=O) groups is 12. The fourth-order valence-corrected chi connectivity index (χ4v) is 15.4. The van der Waals surface area contributed by atoms with Crippen LogP contribution in [0.15, 0.2) is 0 Å². The van der Waals surface area contributed by atoms with Crippen molar-refractivity contribution in [2.45, 2.75) is 243 Å². The summed E-state index contributed by atoms with van der Waals surface area (Å²) in [5.41, 5.74) is -1.58. The van der Waals surface area contributed by atoms with Crippen LogP contribution in [0.25, 0.3) is 0 Å². The number of amides is 12. The van der Waals surface area contributed by atoms with Gasteiger partial charge in [0, 0.05) is 69.0 Å². The molecule has 3 aliphatic heterocycles. The van der Waals surface area contributed by atoms with E-state index in [0.29, 0.717) is 51.6 Å². The summed E-state index contributed by atoms with van der Waals surface area (Å²) in [5, 5.41) is 8.65. The summed E-state index contributed by atoms with van der Waals surface area (Å²) in [6.45, 7) is 9.80. The first-order chi connectivity index (χ1) is 45.5. The number of hydrogen-bond donors (Lipinski definition) is 3. The monoisotopic (exact) mass is 1380 g/mol. The average molecular weight is 1380 g/mol. The summed E-state index contributed by atoms with van der Waals surface area (Å²) in [6, 6.07) is -8.81. The van der Waals surface area contributed by atoms with Gasteiger partial charge < -0.3 is 60.0 Å². The van der Waals surface area contributed by atoms with Gasteiger partial charge in [0.05, 0.1) is 32.0 Å². The van der Waals surface area contributed by atoms with Crippen LogP contribution in [0, 0.1) is 35.5 Å². The third kappa shape index (κ3) is 20.1. The summed E-state index contributed by atoms with van der Waals surface area (Å²) in [6.07, 6.45) is -0.394. The van der Waals surface area contributed by atoms with Crippen molar-refractivity contribution < 1.29 is 75.1 Å². The minimum absolute atomic E-state index is 0.00192. The molecule has 0 aromatic carbocycles. The number of fused-ring (bicyclic) bond motifs is 1. The number of hydrogen-bond acceptors (Lipinski definition) is 12. The molecule has 11 atom stereocenters. The van der Waals surface area contributed by atoms with Crippen molar-refractivity contribution in [1.82, 2.24) is 60.0 Å². The zero-order chi connectivity index (χ0) is 72.1. The lowest BCUT2D eigenvalue weighted by Crippen LogP contribution is -2.65. The molecule has 548 valence electrons. The standard InChI is InChI=1S/C69H112F4N12O12/c1-14-44(6)58-65(95)79(9)40-56(88)77(7)41-57(89)81(11)52(37-45-23-16-15-17-24-45)63(93)78(8)39-54(86)74-49(29-27-46-26-28-47(48(70)36-46)69(71,72)73)62(92)85-34-22-25-50(85)61(91)76-68(30-18-19-31-68)67(97)83(13)59(43(4)5)66(96)82(12)53(64(94)84-32-20-21-33-84)38-55(87)80(10)51(35-42(2)3)60(90)75-58/h42-53,58-59H,14-41H2,1-13H3,(H,74,86)(H,75,90)(H,76,91)/t44-,46?,47?,48?,49-,50-,51-,52-,53-,58-,59-/m0/s1. The minimum Gasteiger partial charge on any atom is -0.343 e. The van der Waals surface area contributed by atoms with Crippen molar-refractivity contribution >= 4 is 70.9 Å². The Bertz CT molecular complexity index is 2810. The van der Waals surface area contributed by atoms with E-state index in [9.17, 15) is 56.3 Å². The normalized spacial score (nSPS) is 29.5. The molecule has 0 aromatic rings. The lowest BCUT2D eigenvalue weighted by atomic mass is 9.78. The van der Waals surface area contributed by atoms with Crippen LogP contribution < -0.4 is 16.0 Å². The van der Waals surface area contributed by atoms with Crippen molar-refractivity contribution in [1.29, 1.82) is 0 Å². The maximum atomic E-state index is 15.4. The van der Waals surface area contributed by atoms with E-state index in [2.05, 4.69) is 16.0 Å². The maximum Gasteiger partial charge on any atom is 0.394 e. The number of carbonyl (C=O) groups excluding carboxylic acids is 12. The summed E-state index contributed by atoms with van der Waals surface area (Å²) in [4.78, 5) is 188. The Labute approximate surface area is 571 Å². The van der Waals surface area contributed by atoms with Crippen LogP contribution >= 0.6 is 0 Å². The summed E-state index contributed by atoms with van der Waals surface area (Å²) < 4.78 is 56.7. The molecule has 6 aliphatic rings. The Hall–Kier alpha value is -6.64. The molecular weight excluding hydrogens is 1260 g/mol. The molecule has 3 saturated heterocycles. The van der Waals surface area contributed by atoms with Gasteiger partial charge >= 0.3 is 6.18 Å². The van der Waals surface area contributed by atoms with Gasteiger partial charge in [-0.1, -0.05) is 92.9 Å². The quantitative estimate of drug-likeness (QED) is 0.233. The second-order valence-electron chi connectivity index (χ2n) is 29.7. The first-order valence-corrected chi connectivity index (χ1v) is 35.5. The third-order valence-electron chi connectivity index (χ3n) is 21.7. The number of nitrogens with one attached hydrogen (secondary N) is 3. The van der Waals surface area contributed by atoms with E-state index in [1.54, 1.807) is 25.7 Å². The summed E-state index contributed by atoms with van der Waals surface area (Å²) in [7, 11) is 9.81. The van der Waals surface area contributed by atoms with Gasteiger partial charge in [-0.25, -0.2) is 4.39 Å². The van der Waals surface area contributed by atoms with Crippen LogP contribution in [0.4, 0.5) is 17.6 Å². The lowest BCUT2D eigenvalue weighted by Gasteiger charge is -2.41. The van der Waals surface area contributed by atoms with Gasteiger partial charge in [-0.3, -0.25) is 57.5 Å². The molecule has 1 spiro atoms. The van der Waals surface area contributed by atoms with Crippen molar-refractivity contribution in [2.24, 2.45) is 35.5 Å². The SMILES string of the molecule is CC[C@H](C)[C@@H]1NC(=O)[C@H](CC(C)C)N(C)C(=O)C[C@@H](C(=O)N2CCCC2)N(C)C(=O)[C@H](C(C)C)N(C)C(=O)C2(CCCC2)NC(=O)[C@@H]2CCCN2C(=O)[C@H](CCC2CCC(C(F)(F)F)C(F)C2)NC(=O)CN(C)C(=O)[C@H](CC2CCCCC2)N(C)C(=O)CN(C)C(=O)CN(C)C1=O. The van der Waals surface area contributed by atoms with Crippen LogP contribution in [-0.4, -0.2) is 264 Å². The molecule has 97 heavy (non-hydrogen) atoms. The van der Waals surface area contributed by atoms with Gasteiger partial charge in [0.25, 0.3) is 0 Å². The minimum atomic E-state index is -4.75. The van der Waals surface area contributed by atoms with Gasteiger partial charge in [-0.15, -0.1) is 0 Å². The topological polar surface area (TPSA) is 270 Å². The first kappa shape index (κ1) is 79.3. The molecule has 24 nitrogen and oxygen atoms in total. The molecule has 3 N–H and O–H groups in total. The Balaban J connectivity index is 1.40. The number of alkyl halides is 4. The first-order valence-electron chi connectivity index (χ1n) is 35.5. The van der Waals surface area contributed by atoms with E-state index < -0.39 is 194 Å². The fraction of sp³-hybridized carbons (Fsp3) is 0.826. The average Bonchev–Trinajstić information content (AvgIpc) is 1.75. The predicted octanol–water partition coefficient (Wildman–Crippen LogP) is 4.90. The van der Waals surface area contributed by atoms with E-state index >= 15 is 18.8 Å². The van der Waals surface area contributed by atoms with Crippen LogP contribution in [-0.2, 0) is 57.5 Å². The summed E-state index contributed by atoms with van der Waals surface area (Å²) >= 11 is 0. The molecule has 0 radical (unpaired) electrons. The summed E-state index contributed by atoms with van der Waals surface area (Å²) in [5.74, 6) is -11.9. The van der Waals surface area contributed by atoms with Gasteiger partial charge in [0.2, 0.25) is 70.9 Å². The van der Waals surface area contributed by atoms with E-state index in [0.717, 1.165) is 46.8 Å². The lowest BCUT2D eigenvalue weighted by molar-refractivity contribution is -0.201. The molecule has 0 aromatic heterocycles. The van der Waals surface area contributed by atoms with E-state index in [4.69, 9.17) is 0 Å². The largest absolute Gasteiger partial charge is 0.394 e. The Morgan fingerprint density at radius 2 is 1.20 bits per heavy atom. The van der Waals surface area contributed by atoms with Gasteiger partial charge in [-0.2, -0.15) is 13.2 Å². The molecule has 6 fully saturated rings. The van der Waals surface area contributed by atoms with E-state index in [1.807, 2.05) is 20.8 Å². The maximum absolute atomic E-state index is 15.4. The van der Waals surface area contributed by atoms with Gasteiger partial charge in [0.1, 0.15) is 54.0 Å². The highest BCUT2D eigenvalue weighted by Crippen LogP contribution is 2.43. The number of likely N-dealkylation sites (N-methyl/N-ethyl adjacent to an activating group) is 7.